The van der Waals surface area contributed by atoms with Gasteiger partial charge in [0.2, 0.25) is 0 Å². The predicted octanol–water partition coefficient (Wildman–Crippen LogP) is 4.72. The number of hydrogen-bond acceptors (Lipinski definition) is 2. The molecule has 2 N–H and O–H groups in total. The quantitative estimate of drug-likeness (QED) is 0.680. The van der Waals surface area contributed by atoms with Crippen LogP contribution in [-0.4, -0.2) is 9.55 Å². The van der Waals surface area contributed by atoms with Gasteiger partial charge in [-0.05, 0) is 37.3 Å². The summed E-state index contributed by atoms with van der Waals surface area (Å²) in [5.41, 5.74) is 9.52. The highest BCUT2D eigenvalue weighted by Gasteiger charge is 2.16. The molecule has 0 fully saturated rings. The molecule has 0 radical (unpaired) electrons. The van der Waals surface area contributed by atoms with Gasteiger partial charge < -0.3 is 10.3 Å². The first kappa shape index (κ1) is 13.5. The van der Waals surface area contributed by atoms with Gasteiger partial charge in [-0.1, -0.05) is 33.6 Å². The van der Waals surface area contributed by atoms with Crippen LogP contribution in [0.1, 0.15) is 6.92 Å². The monoisotopic (exact) mass is 349 g/mol. The maximum Gasteiger partial charge on any atom is 0.144 e. The number of nitrogens with two attached hydrogens (primary N) is 1. The molecule has 3 rings (SSSR count). The number of fused-ring (bicyclic) bond motifs is 1. The molecule has 20 heavy (non-hydrogen) atoms. The molecule has 1 heterocycles. The van der Waals surface area contributed by atoms with Crippen LogP contribution in [0, 0.1) is 0 Å². The number of hydrogen-bond donors (Lipinski definition) is 1. The van der Waals surface area contributed by atoms with Crippen molar-refractivity contribution >= 4 is 44.3 Å². The summed E-state index contributed by atoms with van der Waals surface area (Å²) < 4.78 is 3.13. The third-order valence-electron chi connectivity index (χ3n) is 3.30. The topological polar surface area (TPSA) is 43.8 Å². The van der Waals surface area contributed by atoms with Gasteiger partial charge >= 0.3 is 0 Å². The molecular weight excluding hydrogens is 338 g/mol. The zero-order valence-electron chi connectivity index (χ0n) is 10.9. The molecule has 0 amide bonds. The van der Waals surface area contributed by atoms with Crippen LogP contribution >= 0.6 is 27.5 Å². The van der Waals surface area contributed by atoms with Crippen molar-refractivity contribution in [1.82, 2.24) is 9.55 Å². The molecule has 3 aromatic rings. The Kier molecular flexibility index (Phi) is 3.44. The Morgan fingerprint density at radius 2 is 2.10 bits per heavy atom. The van der Waals surface area contributed by atoms with E-state index in [1.165, 1.54) is 0 Å². The van der Waals surface area contributed by atoms with Gasteiger partial charge in [0.1, 0.15) is 5.82 Å². The molecule has 0 unspecified atom stereocenters. The van der Waals surface area contributed by atoms with Crippen molar-refractivity contribution < 1.29 is 0 Å². The van der Waals surface area contributed by atoms with Crippen molar-refractivity contribution in [2.75, 3.05) is 5.73 Å². The van der Waals surface area contributed by atoms with E-state index in [1.54, 1.807) is 0 Å². The molecule has 5 heteroatoms. The van der Waals surface area contributed by atoms with Gasteiger partial charge in [0.25, 0.3) is 0 Å². The van der Waals surface area contributed by atoms with Crippen LogP contribution in [0.25, 0.3) is 22.4 Å². The smallest absolute Gasteiger partial charge is 0.144 e. The third-order valence-corrected chi connectivity index (χ3v) is 4.10. The van der Waals surface area contributed by atoms with Crippen molar-refractivity contribution in [2.24, 2.45) is 0 Å². The maximum absolute atomic E-state index is 6.31. The molecule has 2 aromatic carbocycles. The van der Waals surface area contributed by atoms with Crippen LogP contribution in [0.5, 0.6) is 0 Å². The highest BCUT2D eigenvalue weighted by molar-refractivity contribution is 9.10. The van der Waals surface area contributed by atoms with Crippen LogP contribution in [0.15, 0.2) is 40.9 Å². The van der Waals surface area contributed by atoms with E-state index in [0.717, 1.165) is 33.4 Å². The van der Waals surface area contributed by atoms with Gasteiger partial charge in [0.05, 0.1) is 21.6 Å². The highest BCUT2D eigenvalue weighted by atomic mass is 79.9. The predicted molar refractivity (Wildman–Crippen MR) is 88.0 cm³/mol. The van der Waals surface area contributed by atoms with Gasteiger partial charge in [-0.25, -0.2) is 4.98 Å². The minimum atomic E-state index is 0.620. The zero-order valence-corrected chi connectivity index (χ0v) is 13.2. The third kappa shape index (κ3) is 2.09. The Balaban J connectivity index is 2.36. The molecule has 0 aliphatic carbocycles. The van der Waals surface area contributed by atoms with Crippen LogP contribution in [0.3, 0.4) is 0 Å². The lowest BCUT2D eigenvalue weighted by atomic mass is 10.1. The average molecular weight is 351 g/mol. The molecule has 3 nitrogen and oxygen atoms in total. The van der Waals surface area contributed by atoms with Gasteiger partial charge in [0.15, 0.2) is 0 Å². The van der Waals surface area contributed by atoms with E-state index in [9.17, 15) is 0 Å². The first-order valence-corrected chi connectivity index (χ1v) is 7.49. The Labute approximate surface area is 130 Å². The van der Waals surface area contributed by atoms with E-state index < -0.39 is 0 Å². The Morgan fingerprint density at radius 3 is 2.80 bits per heavy atom. The molecule has 1 aromatic heterocycles. The zero-order chi connectivity index (χ0) is 14.3. The largest absolute Gasteiger partial charge is 0.398 e. The maximum atomic E-state index is 6.31. The molecule has 102 valence electrons. The molecular formula is C15H13BrClN3. The SMILES string of the molecule is CCn1c(-c2c(N)cccc2Cl)nc2cc(Br)ccc21. The summed E-state index contributed by atoms with van der Waals surface area (Å²) in [5.74, 6) is 0.809. The Hall–Kier alpha value is -1.52. The normalized spacial score (nSPS) is 11.2. The summed E-state index contributed by atoms with van der Waals surface area (Å²) in [4.78, 5) is 4.70. The van der Waals surface area contributed by atoms with E-state index >= 15 is 0 Å². The number of aryl methyl sites for hydroxylation is 1. The van der Waals surface area contributed by atoms with Gasteiger partial charge in [-0.3, -0.25) is 0 Å². The Bertz CT molecular complexity index is 775. The molecule has 0 saturated heterocycles. The summed E-state index contributed by atoms with van der Waals surface area (Å²) in [6, 6.07) is 11.6. The van der Waals surface area contributed by atoms with Crippen molar-refractivity contribution in [2.45, 2.75) is 13.5 Å². The fourth-order valence-corrected chi connectivity index (χ4v) is 3.01. The van der Waals surface area contributed by atoms with E-state index in [2.05, 4.69) is 27.4 Å². The van der Waals surface area contributed by atoms with Crippen molar-refractivity contribution in [1.29, 1.82) is 0 Å². The first-order chi connectivity index (χ1) is 9.61. The highest BCUT2D eigenvalue weighted by Crippen LogP contribution is 2.35. The Morgan fingerprint density at radius 1 is 1.30 bits per heavy atom. The summed E-state index contributed by atoms with van der Waals surface area (Å²) in [6.07, 6.45) is 0. The van der Waals surface area contributed by atoms with E-state index in [-0.39, 0.29) is 0 Å². The van der Waals surface area contributed by atoms with Crippen LogP contribution < -0.4 is 5.73 Å². The van der Waals surface area contributed by atoms with Crippen molar-refractivity contribution in [3.8, 4) is 11.4 Å². The van der Waals surface area contributed by atoms with Crippen molar-refractivity contribution in [3.63, 3.8) is 0 Å². The summed E-state index contributed by atoms with van der Waals surface area (Å²) in [5, 5.41) is 0.620. The second-order valence-corrected chi connectivity index (χ2v) is 5.84. The van der Waals surface area contributed by atoms with Crippen LogP contribution in [-0.2, 0) is 6.54 Å². The molecule has 0 aliphatic rings. The lowest BCUT2D eigenvalue weighted by molar-refractivity contribution is 0.796. The fourth-order valence-electron chi connectivity index (χ4n) is 2.39. The number of nitrogens with zero attached hydrogens (tertiary/aromatic N) is 2. The molecule has 0 bridgehead atoms. The molecule has 0 saturated carbocycles. The lowest BCUT2D eigenvalue weighted by Crippen LogP contribution is -2.00. The fraction of sp³-hybridized carbons (Fsp3) is 0.133. The lowest BCUT2D eigenvalue weighted by Gasteiger charge is -2.10. The number of nitrogen functional groups attached to an aromatic ring is 1. The van der Waals surface area contributed by atoms with E-state index in [4.69, 9.17) is 22.3 Å². The number of anilines is 1. The molecule has 0 atom stereocenters. The van der Waals surface area contributed by atoms with Crippen LogP contribution in [0.4, 0.5) is 5.69 Å². The van der Waals surface area contributed by atoms with Gasteiger partial charge in [-0.2, -0.15) is 0 Å². The minimum absolute atomic E-state index is 0.620. The molecule has 0 spiro atoms. The number of aromatic nitrogens is 2. The van der Waals surface area contributed by atoms with Crippen molar-refractivity contribution in [3.05, 3.63) is 45.9 Å². The number of rotatable bonds is 2. The number of halogens is 2. The number of imidazole rings is 1. The summed E-state index contributed by atoms with van der Waals surface area (Å²) in [7, 11) is 0. The first-order valence-electron chi connectivity index (χ1n) is 6.32. The average Bonchev–Trinajstić information content (AvgIpc) is 2.75. The summed E-state index contributed by atoms with van der Waals surface area (Å²) in [6.45, 7) is 2.89. The summed E-state index contributed by atoms with van der Waals surface area (Å²) >= 11 is 9.78. The minimum Gasteiger partial charge on any atom is -0.398 e. The van der Waals surface area contributed by atoms with Gasteiger partial charge in [0, 0.05) is 16.7 Å². The standard InChI is InChI=1S/C15H13BrClN3/c1-2-20-13-7-6-9(16)8-12(13)19-15(20)14-10(17)4-3-5-11(14)18/h3-8H,2,18H2,1H3. The van der Waals surface area contributed by atoms with Crippen LogP contribution in [0.2, 0.25) is 5.02 Å². The van der Waals surface area contributed by atoms with E-state index in [1.807, 2.05) is 36.4 Å². The second-order valence-electron chi connectivity index (χ2n) is 4.52. The second kappa shape index (κ2) is 5.11. The number of benzene rings is 2. The van der Waals surface area contributed by atoms with Gasteiger partial charge in [-0.15, -0.1) is 0 Å². The molecule has 0 aliphatic heterocycles. The van der Waals surface area contributed by atoms with E-state index in [0.29, 0.717) is 10.7 Å².